The van der Waals surface area contributed by atoms with Crippen LogP contribution in [-0.4, -0.2) is 33.4 Å². The first-order valence-corrected chi connectivity index (χ1v) is 9.63. The van der Waals surface area contributed by atoms with Crippen LogP contribution in [0.1, 0.15) is 40.2 Å². The van der Waals surface area contributed by atoms with E-state index in [1.165, 1.54) is 0 Å². The first kappa shape index (κ1) is 18.9. The molecule has 148 valence electrons. The standard InChI is InChI=1S/C22H22N4O3/c1-15-4-2-5-18(12-15)21-24-19(29-25-21)13-23-22(28)17-9-7-16(8-10-17)14-26-11-3-6-20(26)27/h2,4-5,7-10,12H,3,6,11,13-14H2,1H3,(H,23,28). The summed E-state index contributed by atoms with van der Waals surface area (Å²) >= 11 is 0. The maximum absolute atomic E-state index is 12.4. The van der Waals surface area contributed by atoms with Crippen molar-refractivity contribution in [1.82, 2.24) is 20.4 Å². The van der Waals surface area contributed by atoms with E-state index in [4.69, 9.17) is 4.52 Å². The van der Waals surface area contributed by atoms with Gasteiger partial charge in [-0.1, -0.05) is 41.1 Å². The summed E-state index contributed by atoms with van der Waals surface area (Å²) in [5, 5.41) is 6.77. The summed E-state index contributed by atoms with van der Waals surface area (Å²) in [7, 11) is 0. The van der Waals surface area contributed by atoms with Crippen LogP contribution in [0.4, 0.5) is 0 Å². The number of hydrogen-bond donors (Lipinski definition) is 1. The maximum Gasteiger partial charge on any atom is 0.251 e. The number of carbonyl (C=O) groups is 2. The van der Waals surface area contributed by atoms with Crippen molar-refractivity contribution in [3.63, 3.8) is 0 Å². The van der Waals surface area contributed by atoms with Crippen LogP contribution >= 0.6 is 0 Å². The lowest BCUT2D eigenvalue weighted by Crippen LogP contribution is -2.24. The van der Waals surface area contributed by atoms with E-state index in [-0.39, 0.29) is 18.4 Å². The highest BCUT2D eigenvalue weighted by atomic mass is 16.5. The van der Waals surface area contributed by atoms with Gasteiger partial charge in [0.1, 0.15) is 0 Å². The smallest absolute Gasteiger partial charge is 0.251 e. The number of benzene rings is 2. The lowest BCUT2D eigenvalue weighted by Gasteiger charge is -2.15. The van der Waals surface area contributed by atoms with E-state index in [0.29, 0.717) is 30.2 Å². The Morgan fingerprint density at radius 1 is 1.21 bits per heavy atom. The third-order valence-corrected chi connectivity index (χ3v) is 4.91. The topological polar surface area (TPSA) is 88.3 Å². The molecule has 4 rings (SSSR count). The highest BCUT2D eigenvalue weighted by Crippen LogP contribution is 2.17. The van der Waals surface area contributed by atoms with Gasteiger partial charge in [0.15, 0.2) is 0 Å². The largest absolute Gasteiger partial charge is 0.343 e. The van der Waals surface area contributed by atoms with Crippen LogP contribution in [0, 0.1) is 6.92 Å². The Balaban J connectivity index is 1.33. The van der Waals surface area contributed by atoms with E-state index in [2.05, 4.69) is 15.5 Å². The summed E-state index contributed by atoms with van der Waals surface area (Å²) in [6.07, 6.45) is 1.54. The summed E-state index contributed by atoms with van der Waals surface area (Å²) in [5.41, 5.74) is 3.54. The van der Waals surface area contributed by atoms with Gasteiger partial charge in [0, 0.05) is 30.6 Å². The first-order chi connectivity index (χ1) is 14.1. The second kappa shape index (κ2) is 8.26. The van der Waals surface area contributed by atoms with Gasteiger partial charge in [0.25, 0.3) is 5.91 Å². The minimum Gasteiger partial charge on any atom is -0.343 e. The minimum absolute atomic E-state index is 0.154. The number of amides is 2. The molecule has 1 aliphatic heterocycles. The quantitative estimate of drug-likeness (QED) is 0.699. The Bertz CT molecular complexity index is 1030. The van der Waals surface area contributed by atoms with E-state index >= 15 is 0 Å². The van der Waals surface area contributed by atoms with Crippen LogP contribution in [0.2, 0.25) is 0 Å². The molecule has 7 nitrogen and oxygen atoms in total. The molecule has 0 spiro atoms. The molecule has 0 unspecified atom stereocenters. The zero-order valence-corrected chi connectivity index (χ0v) is 16.2. The molecule has 2 aromatic carbocycles. The van der Waals surface area contributed by atoms with Gasteiger partial charge >= 0.3 is 0 Å². The predicted octanol–water partition coefficient (Wildman–Crippen LogP) is 3.10. The maximum atomic E-state index is 12.4. The lowest BCUT2D eigenvalue weighted by atomic mass is 10.1. The summed E-state index contributed by atoms with van der Waals surface area (Å²) in [4.78, 5) is 30.3. The second-order valence-electron chi connectivity index (χ2n) is 7.18. The second-order valence-corrected chi connectivity index (χ2v) is 7.18. The molecule has 1 saturated heterocycles. The summed E-state index contributed by atoms with van der Waals surface area (Å²) in [6.45, 7) is 3.54. The van der Waals surface area contributed by atoms with Crippen LogP contribution in [-0.2, 0) is 17.9 Å². The molecule has 1 fully saturated rings. The van der Waals surface area contributed by atoms with Crippen LogP contribution in [0.25, 0.3) is 11.4 Å². The average Bonchev–Trinajstić information content (AvgIpc) is 3.36. The highest BCUT2D eigenvalue weighted by Gasteiger charge is 2.20. The molecule has 2 heterocycles. The molecule has 0 radical (unpaired) electrons. The third kappa shape index (κ3) is 4.51. The van der Waals surface area contributed by atoms with Gasteiger partial charge in [-0.2, -0.15) is 4.98 Å². The number of likely N-dealkylation sites (tertiary alicyclic amines) is 1. The Morgan fingerprint density at radius 3 is 2.76 bits per heavy atom. The van der Waals surface area contributed by atoms with Gasteiger partial charge in [-0.05, 0) is 37.1 Å². The Hall–Kier alpha value is -3.48. The van der Waals surface area contributed by atoms with Crippen molar-refractivity contribution in [3.05, 3.63) is 71.1 Å². The monoisotopic (exact) mass is 390 g/mol. The number of carbonyl (C=O) groups excluding carboxylic acids is 2. The molecule has 1 N–H and O–H groups in total. The van der Waals surface area contributed by atoms with Crippen molar-refractivity contribution in [2.75, 3.05) is 6.54 Å². The van der Waals surface area contributed by atoms with Crippen molar-refractivity contribution in [2.24, 2.45) is 0 Å². The van der Waals surface area contributed by atoms with Crippen molar-refractivity contribution >= 4 is 11.8 Å². The number of aryl methyl sites for hydroxylation is 1. The predicted molar refractivity (Wildman–Crippen MR) is 107 cm³/mol. The Morgan fingerprint density at radius 2 is 2.03 bits per heavy atom. The van der Waals surface area contributed by atoms with E-state index in [0.717, 1.165) is 29.7 Å². The summed E-state index contributed by atoms with van der Waals surface area (Å²) in [5.74, 6) is 0.818. The highest BCUT2D eigenvalue weighted by molar-refractivity contribution is 5.94. The number of nitrogens with one attached hydrogen (secondary N) is 1. The van der Waals surface area contributed by atoms with Gasteiger partial charge in [-0.15, -0.1) is 0 Å². The molecule has 2 amide bonds. The fraction of sp³-hybridized carbons (Fsp3) is 0.273. The molecule has 0 aliphatic carbocycles. The van der Waals surface area contributed by atoms with Gasteiger partial charge in [-0.25, -0.2) is 0 Å². The van der Waals surface area contributed by atoms with Gasteiger partial charge in [0.05, 0.1) is 6.54 Å². The lowest BCUT2D eigenvalue weighted by molar-refractivity contribution is -0.128. The minimum atomic E-state index is -0.218. The van der Waals surface area contributed by atoms with Gasteiger partial charge in [0.2, 0.25) is 17.6 Å². The molecule has 29 heavy (non-hydrogen) atoms. The van der Waals surface area contributed by atoms with E-state index in [1.54, 1.807) is 12.1 Å². The van der Waals surface area contributed by atoms with Crippen molar-refractivity contribution in [3.8, 4) is 11.4 Å². The fourth-order valence-corrected chi connectivity index (χ4v) is 3.34. The number of rotatable bonds is 6. The number of aromatic nitrogens is 2. The molecular weight excluding hydrogens is 368 g/mol. The number of hydrogen-bond acceptors (Lipinski definition) is 5. The molecule has 0 atom stereocenters. The zero-order valence-electron chi connectivity index (χ0n) is 16.2. The van der Waals surface area contributed by atoms with Crippen LogP contribution in [0.3, 0.4) is 0 Å². The van der Waals surface area contributed by atoms with E-state index < -0.39 is 0 Å². The van der Waals surface area contributed by atoms with Crippen LogP contribution in [0.15, 0.2) is 53.1 Å². The molecule has 3 aromatic rings. The molecule has 7 heteroatoms. The normalized spacial score (nSPS) is 13.7. The van der Waals surface area contributed by atoms with Gasteiger partial charge < -0.3 is 14.7 Å². The molecule has 1 aromatic heterocycles. The third-order valence-electron chi connectivity index (χ3n) is 4.91. The summed E-state index contributed by atoms with van der Waals surface area (Å²) < 4.78 is 5.24. The Labute approximate surface area is 168 Å². The van der Waals surface area contributed by atoms with E-state index in [1.807, 2.05) is 48.2 Å². The molecule has 1 aliphatic rings. The van der Waals surface area contributed by atoms with Crippen molar-refractivity contribution in [1.29, 1.82) is 0 Å². The fourth-order valence-electron chi connectivity index (χ4n) is 3.34. The molecular formula is C22H22N4O3. The van der Waals surface area contributed by atoms with Crippen LogP contribution in [0.5, 0.6) is 0 Å². The Kier molecular flexibility index (Phi) is 5.37. The van der Waals surface area contributed by atoms with Crippen molar-refractivity contribution in [2.45, 2.75) is 32.9 Å². The number of nitrogens with zero attached hydrogens (tertiary/aromatic N) is 3. The van der Waals surface area contributed by atoms with Crippen LogP contribution < -0.4 is 5.32 Å². The first-order valence-electron chi connectivity index (χ1n) is 9.63. The SMILES string of the molecule is Cc1cccc(-c2noc(CNC(=O)c3ccc(CN4CCCC4=O)cc3)n2)c1. The molecule has 0 bridgehead atoms. The van der Waals surface area contributed by atoms with Gasteiger partial charge in [-0.3, -0.25) is 9.59 Å². The average molecular weight is 390 g/mol. The summed E-state index contributed by atoms with van der Waals surface area (Å²) in [6, 6.07) is 15.1. The zero-order chi connectivity index (χ0) is 20.2. The van der Waals surface area contributed by atoms with E-state index in [9.17, 15) is 9.59 Å². The molecule has 0 saturated carbocycles. The van der Waals surface area contributed by atoms with Crippen molar-refractivity contribution < 1.29 is 14.1 Å².